The molecule has 8 nitrogen and oxygen atoms in total. The highest BCUT2D eigenvalue weighted by Crippen LogP contribution is 2.30. The molecule has 0 unspecified atom stereocenters. The Kier molecular flexibility index (Phi) is 4.45. The number of carbonyl (C=O) groups excluding carboxylic acids is 2. The van der Waals surface area contributed by atoms with Gasteiger partial charge in [-0.2, -0.15) is 11.3 Å². The lowest BCUT2D eigenvalue weighted by molar-refractivity contribution is -0.136. The van der Waals surface area contributed by atoms with Crippen LogP contribution in [0, 0.1) is 0 Å². The summed E-state index contributed by atoms with van der Waals surface area (Å²) in [5.41, 5.74) is -1.02. The average molecular weight is 347 g/mol. The van der Waals surface area contributed by atoms with Crippen LogP contribution >= 0.6 is 11.3 Å². The Hall–Kier alpha value is -2.91. The maximum absolute atomic E-state index is 11.9. The van der Waals surface area contributed by atoms with Crippen molar-refractivity contribution in [3.05, 3.63) is 58.9 Å². The van der Waals surface area contributed by atoms with Crippen molar-refractivity contribution in [2.45, 2.75) is 5.60 Å². The largest absolute Gasteiger partial charge is 0.466 e. The Bertz CT molecular complexity index is 762. The Balaban J connectivity index is 1.70. The van der Waals surface area contributed by atoms with Crippen molar-refractivity contribution in [1.82, 2.24) is 10.5 Å². The third-order valence-corrected chi connectivity index (χ3v) is 4.00. The molecule has 0 aromatic carbocycles. The summed E-state index contributed by atoms with van der Waals surface area (Å²) < 4.78 is 9.84. The van der Waals surface area contributed by atoms with E-state index in [2.05, 4.69) is 20.3 Å². The van der Waals surface area contributed by atoms with Crippen molar-refractivity contribution in [2.24, 2.45) is 0 Å². The number of carbonyl (C=O) groups is 2. The highest BCUT2D eigenvalue weighted by Gasteiger charge is 2.36. The first-order chi connectivity index (χ1) is 11.6. The van der Waals surface area contributed by atoms with Gasteiger partial charge in [0.1, 0.15) is 12.0 Å². The quantitative estimate of drug-likeness (QED) is 0.599. The van der Waals surface area contributed by atoms with Gasteiger partial charge in [-0.15, -0.1) is 0 Å². The summed E-state index contributed by atoms with van der Waals surface area (Å²) in [5.74, 6) is -1.46. The van der Waals surface area contributed by atoms with Gasteiger partial charge in [-0.3, -0.25) is 14.9 Å². The molecule has 124 valence electrons. The molecule has 24 heavy (non-hydrogen) atoms. The van der Waals surface area contributed by atoms with Crippen LogP contribution in [0.15, 0.2) is 56.5 Å². The predicted molar refractivity (Wildman–Crippen MR) is 84.2 cm³/mol. The lowest BCUT2D eigenvalue weighted by Gasteiger charge is -2.25. The highest BCUT2D eigenvalue weighted by molar-refractivity contribution is 7.08. The molecule has 0 fully saturated rings. The Morgan fingerprint density at radius 3 is 2.75 bits per heavy atom. The molecule has 3 aromatic rings. The van der Waals surface area contributed by atoms with Crippen LogP contribution in [-0.4, -0.2) is 28.6 Å². The second-order valence-electron chi connectivity index (χ2n) is 4.87. The Labute approximate surface area is 140 Å². The van der Waals surface area contributed by atoms with Gasteiger partial charge in [-0.25, -0.2) is 0 Å². The smallest absolute Gasteiger partial charge is 0.314 e. The number of nitrogens with zero attached hydrogens (tertiary/aromatic N) is 1. The number of furan rings is 1. The molecule has 0 radical (unpaired) electrons. The fourth-order valence-electron chi connectivity index (χ4n) is 2.08. The first-order valence-electron chi connectivity index (χ1n) is 6.88. The minimum atomic E-state index is -1.58. The van der Waals surface area contributed by atoms with Crippen molar-refractivity contribution in [3.8, 4) is 0 Å². The molecule has 3 rings (SSSR count). The molecular formula is C15H13N3O5S. The summed E-state index contributed by atoms with van der Waals surface area (Å²) in [7, 11) is 0. The zero-order chi connectivity index (χ0) is 17.0. The van der Waals surface area contributed by atoms with E-state index in [1.807, 2.05) is 0 Å². The second kappa shape index (κ2) is 6.69. The number of nitrogens with one attached hydrogen (secondary N) is 2. The fourth-order valence-corrected chi connectivity index (χ4v) is 2.81. The zero-order valence-corrected chi connectivity index (χ0v) is 13.1. The number of anilines is 1. The van der Waals surface area contributed by atoms with E-state index in [-0.39, 0.29) is 18.1 Å². The third-order valence-electron chi connectivity index (χ3n) is 3.32. The zero-order valence-electron chi connectivity index (χ0n) is 12.3. The van der Waals surface area contributed by atoms with Crippen LogP contribution in [0.4, 0.5) is 5.82 Å². The lowest BCUT2D eigenvalue weighted by Crippen LogP contribution is -2.45. The first-order valence-corrected chi connectivity index (χ1v) is 7.82. The number of thiophene rings is 1. The van der Waals surface area contributed by atoms with E-state index in [9.17, 15) is 14.7 Å². The van der Waals surface area contributed by atoms with Crippen LogP contribution in [0.1, 0.15) is 11.3 Å². The molecule has 3 aromatic heterocycles. The van der Waals surface area contributed by atoms with Crippen molar-refractivity contribution in [1.29, 1.82) is 0 Å². The maximum atomic E-state index is 11.9. The van der Waals surface area contributed by atoms with Gasteiger partial charge in [0.25, 0.3) is 0 Å². The van der Waals surface area contributed by atoms with E-state index < -0.39 is 17.4 Å². The molecule has 0 saturated carbocycles. The van der Waals surface area contributed by atoms with Crippen LogP contribution in [-0.2, 0) is 15.2 Å². The van der Waals surface area contributed by atoms with E-state index in [1.54, 1.807) is 29.0 Å². The summed E-state index contributed by atoms with van der Waals surface area (Å²) in [6, 6.07) is 6.34. The van der Waals surface area contributed by atoms with E-state index in [1.165, 1.54) is 29.9 Å². The Morgan fingerprint density at radius 2 is 2.12 bits per heavy atom. The van der Waals surface area contributed by atoms with Gasteiger partial charge < -0.3 is 19.4 Å². The molecular weight excluding hydrogens is 334 g/mol. The van der Waals surface area contributed by atoms with Gasteiger partial charge in [-0.1, -0.05) is 5.16 Å². The summed E-state index contributed by atoms with van der Waals surface area (Å²) in [6.07, 6.45) is 2.69. The van der Waals surface area contributed by atoms with E-state index in [0.29, 0.717) is 5.56 Å². The maximum Gasteiger partial charge on any atom is 0.314 e. The minimum absolute atomic E-state index is 0.120. The topological polar surface area (TPSA) is 118 Å². The van der Waals surface area contributed by atoms with Crippen LogP contribution in [0.2, 0.25) is 0 Å². The second-order valence-corrected chi connectivity index (χ2v) is 5.65. The standard InChI is InChI=1S/C15H13N3O5S/c19-13(14(20)17-12-3-6-23-18-12)16-9-15(21,10-4-7-24-8-10)11-2-1-5-22-11/h1-8,21H,9H2,(H,16,19)(H,17,18,20)/t15-/m1/s1. The first kappa shape index (κ1) is 16.0. The van der Waals surface area contributed by atoms with Crippen LogP contribution in [0.25, 0.3) is 0 Å². The number of aliphatic hydroxyl groups is 1. The normalized spacial score (nSPS) is 13.2. The average Bonchev–Trinajstić information content (AvgIpc) is 3.35. The van der Waals surface area contributed by atoms with Gasteiger partial charge in [0.05, 0.1) is 12.8 Å². The van der Waals surface area contributed by atoms with Crippen LogP contribution in [0.5, 0.6) is 0 Å². The number of aromatic nitrogens is 1. The molecule has 0 bridgehead atoms. The van der Waals surface area contributed by atoms with Crippen LogP contribution in [0.3, 0.4) is 0 Å². The molecule has 3 N–H and O–H groups in total. The van der Waals surface area contributed by atoms with Gasteiger partial charge in [0.15, 0.2) is 11.4 Å². The highest BCUT2D eigenvalue weighted by atomic mass is 32.1. The SMILES string of the molecule is O=C(NC[C@@](O)(c1ccsc1)c1ccco1)C(=O)Nc1ccon1. The summed E-state index contributed by atoms with van der Waals surface area (Å²) >= 11 is 1.39. The Morgan fingerprint density at radius 1 is 1.25 bits per heavy atom. The minimum Gasteiger partial charge on any atom is -0.466 e. The lowest BCUT2D eigenvalue weighted by atomic mass is 9.93. The predicted octanol–water partition coefficient (Wildman–Crippen LogP) is 1.32. The molecule has 0 aliphatic heterocycles. The van der Waals surface area contributed by atoms with Crippen molar-refractivity contribution >= 4 is 29.0 Å². The molecule has 0 aliphatic rings. The fraction of sp³-hybridized carbons (Fsp3) is 0.133. The molecule has 2 amide bonds. The number of amides is 2. The number of hydrogen-bond donors (Lipinski definition) is 3. The van der Waals surface area contributed by atoms with Crippen LogP contribution < -0.4 is 10.6 Å². The molecule has 0 saturated heterocycles. The summed E-state index contributed by atoms with van der Waals surface area (Å²) in [6.45, 7) is -0.234. The van der Waals surface area contributed by atoms with E-state index in [4.69, 9.17) is 4.42 Å². The van der Waals surface area contributed by atoms with E-state index >= 15 is 0 Å². The van der Waals surface area contributed by atoms with Gasteiger partial charge in [-0.05, 0) is 29.0 Å². The van der Waals surface area contributed by atoms with Gasteiger partial charge in [0, 0.05) is 11.6 Å². The van der Waals surface area contributed by atoms with Gasteiger partial charge >= 0.3 is 11.8 Å². The number of hydrogen-bond acceptors (Lipinski definition) is 7. The van der Waals surface area contributed by atoms with Crippen molar-refractivity contribution < 1.29 is 23.6 Å². The molecule has 3 heterocycles. The van der Waals surface area contributed by atoms with Crippen molar-refractivity contribution in [3.63, 3.8) is 0 Å². The molecule has 0 spiro atoms. The molecule has 9 heteroatoms. The van der Waals surface area contributed by atoms with E-state index in [0.717, 1.165) is 0 Å². The molecule has 1 atom stereocenters. The van der Waals surface area contributed by atoms with Gasteiger partial charge in [0.2, 0.25) is 0 Å². The molecule has 0 aliphatic carbocycles. The third kappa shape index (κ3) is 3.21. The summed E-state index contributed by atoms with van der Waals surface area (Å²) in [4.78, 5) is 23.7. The summed E-state index contributed by atoms with van der Waals surface area (Å²) in [5, 5.41) is 22.6. The monoisotopic (exact) mass is 347 g/mol. The number of rotatable bonds is 5. The van der Waals surface area contributed by atoms with Crippen molar-refractivity contribution in [2.75, 3.05) is 11.9 Å².